The van der Waals surface area contributed by atoms with Gasteiger partial charge >= 0.3 is 0 Å². The van der Waals surface area contributed by atoms with Crippen molar-refractivity contribution in [2.24, 2.45) is 0 Å². The molecule has 0 amide bonds. The van der Waals surface area contributed by atoms with Crippen LogP contribution in [0.5, 0.6) is 11.5 Å². The van der Waals surface area contributed by atoms with Crippen molar-refractivity contribution in [2.45, 2.75) is 35.7 Å². The summed E-state index contributed by atoms with van der Waals surface area (Å²) in [5.41, 5.74) is 1.79. The first kappa shape index (κ1) is 22.8. The first-order chi connectivity index (χ1) is 15.0. The molecule has 0 saturated heterocycles. The Morgan fingerprint density at radius 3 is 1.65 bits per heavy atom. The Balaban J connectivity index is 1.57. The van der Waals surface area contributed by atoms with E-state index in [2.05, 4.69) is 35.1 Å². The van der Waals surface area contributed by atoms with Gasteiger partial charge in [-0.2, -0.15) is 25.3 Å². The molecule has 2 aliphatic rings. The third-order valence-electron chi connectivity index (χ3n) is 5.54. The van der Waals surface area contributed by atoms with Crippen LogP contribution in [0.2, 0.25) is 0 Å². The minimum absolute atomic E-state index is 0.287. The van der Waals surface area contributed by atoms with Gasteiger partial charge in [-0.25, -0.2) is 8.42 Å². The van der Waals surface area contributed by atoms with Crippen molar-refractivity contribution >= 4 is 35.1 Å². The molecule has 0 aliphatic carbocycles. The molecule has 2 aromatic rings. The summed E-state index contributed by atoms with van der Waals surface area (Å²) in [6.45, 7) is 4.11. The van der Waals surface area contributed by atoms with Crippen molar-refractivity contribution in [2.75, 3.05) is 38.1 Å². The van der Waals surface area contributed by atoms with Crippen LogP contribution in [0, 0.1) is 0 Å². The fraction of sp³-hybridized carbons (Fsp3) is 0.455. The SMILES string of the molecule is O=S(=O)(c1ccc2c(c1)CN(CCCS)CO2)c1ccc2c(c1)CN(CCCS)CO2. The highest BCUT2D eigenvalue weighted by molar-refractivity contribution is 7.91. The summed E-state index contributed by atoms with van der Waals surface area (Å²) in [6, 6.07) is 10.3. The van der Waals surface area contributed by atoms with Crippen molar-refractivity contribution in [3.05, 3.63) is 47.5 Å². The van der Waals surface area contributed by atoms with Gasteiger partial charge in [-0.05, 0) is 60.7 Å². The second-order valence-corrected chi connectivity index (χ2v) is 10.7. The lowest BCUT2D eigenvalue weighted by Gasteiger charge is -2.29. The number of fused-ring (bicyclic) bond motifs is 2. The van der Waals surface area contributed by atoms with Gasteiger partial charge in [-0.1, -0.05) is 0 Å². The van der Waals surface area contributed by atoms with Crippen LogP contribution in [-0.4, -0.2) is 56.3 Å². The van der Waals surface area contributed by atoms with Crippen LogP contribution in [-0.2, 0) is 22.9 Å². The molecule has 2 aromatic carbocycles. The minimum atomic E-state index is -3.65. The van der Waals surface area contributed by atoms with E-state index in [1.165, 1.54) is 0 Å². The third-order valence-corrected chi connectivity index (χ3v) is 7.92. The molecular weight excluding hydrogens is 452 g/mol. The van der Waals surface area contributed by atoms with E-state index in [0.717, 1.165) is 60.1 Å². The van der Waals surface area contributed by atoms with Crippen molar-refractivity contribution < 1.29 is 17.9 Å². The number of hydrogen-bond acceptors (Lipinski definition) is 8. The van der Waals surface area contributed by atoms with Gasteiger partial charge in [0.25, 0.3) is 0 Å². The lowest BCUT2D eigenvalue weighted by molar-refractivity contribution is 0.0956. The highest BCUT2D eigenvalue weighted by Crippen LogP contribution is 2.33. The summed E-state index contributed by atoms with van der Waals surface area (Å²) >= 11 is 8.53. The summed E-state index contributed by atoms with van der Waals surface area (Å²) in [5.74, 6) is 3.12. The van der Waals surface area contributed by atoms with Gasteiger partial charge < -0.3 is 9.47 Å². The standard InChI is InChI=1S/C22H28N2O4S3/c25-31(26,19-3-5-21-17(11-19)13-23(15-27-21)7-1-9-29)20-4-6-22-18(12-20)14-24(16-28-22)8-2-10-30/h3-6,11-12,29-30H,1-2,7-10,13-16H2. The average molecular weight is 481 g/mol. The quantitative estimate of drug-likeness (QED) is 0.565. The van der Waals surface area contributed by atoms with Crippen molar-refractivity contribution in [1.82, 2.24) is 9.80 Å². The minimum Gasteiger partial charge on any atom is -0.478 e. The predicted molar refractivity (Wildman–Crippen MR) is 127 cm³/mol. The molecule has 0 saturated carbocycles. The molecule has 2 aliphatic heterocycles. The molecule has 0 bridgehead atoms. The first-order valence-electron chi connectivity index (χ1n) is 10.4. The molecule has 2 heterocycles. The molecule has 4 rings (SSSR count). The predicted octanol–water partition coefficient (Wildman–Crippen LogP) is 3.46. The van der Waals surface area contributed by atoms with Crippen molar-refractivity contribution in [3.63, 3.8) is 0 Å². The molecule has 9 heteroatoms. The number of rotatable bonds is 8. The van der Waals surface area contributed by atoms with E-state index < -0.39 is 9.84 Å². The maximum atomic E-state index is 13.4. The summed E-state index contributed by atoms with van der Waals surface area (Å²) in [7, 11) is -3.65. The molecule has 0 spiro atoms. The van der Waals surface area contributed by atoms with E-state index in [1.54, 1.807) is 36.4 Å². The van der Waals surface area contributed by atoms with Crippen LogP contribution in [0.1, 0.15) is 24.0 Å². The third kappa shape index (κ3) is 5.17. The fourth-order valence-corrected chi connectivity index (χ4v) is 5.53. The molecule has 0 unspecified atom stereocenters. The van der Waals surface area contributed by atoms with E-state index in [-0.39, 0.29) is 9.79 Å². The summed E-state index contributed by atoms with van der Waals surface area (Å²) < 4.78 is 38.4. The zero-order valence-corrected chi connectivity index (χ0v) is 20.0. The molecule has 0 N–H and O–H groups in total. The number of hydrogen-bond donors (Lipinski definition) is 2. The average Bonchev–Trinajstić information content (AvgIpc) is 2.80. The van der Waals surface area contributed by atoms with Crippen LogP contribution < -0.4 is 9.47 Å². The highest BCUT2D eigenvalue weighted by atomic mass is 32.2. The molecule has 0 atom stereocenters. The molecule has 0 radical (unpaired) electrons. The zero-order chi connectivity index (χ0) is 21.8. The maximum Gasteiger partial charge on any atom is 0.206 e. The van der Waals surface area contributed by atoms with E-state index in [4.69, 9.17) is 9.47 Å². The van der Waals surface area contributed by atoms with Crippen molar-refractivity contribution in [1.29, 1.82) is 0 Å². The van der Waals surface area contributed by atoms with Crippen molar-refractivity contribution in [3.8, 4) is 11.5 Å². The fourth-order valence-electron chi connectivity index (χ4n) is 3.88. The Bertz CT molecular complexity index is 954. The number of thiol groups is 2. The molecule has 0 fully saturated rings. The highest BCUT2D eigenvalue weighted by Gasteiger charge is 2.25. The Labute approximate surface area is 195 Å². The number of benzene rings is 2. The Kier molecular flexibility index (Phi) is 7.38. The summed E-state index contributed by atoms with van der Waals surface area (Å²) in [4.78, 5) is 4.89. The lowest BCUT2D eigenvalue weighted by Crippen LogP contribution is -2.33. The van der Waals surface area contributed by atoms with Crippen LogP contribution in [0.15, 0.2) is 46.2 Å². The van der Waals surface area contributed by atoms with Gasteiger partial charge in [0, 0.05) is 37.3 Å². The lowest BCUT2D eigenvalue weighted by atomic mass is 10.1. The largest absolute Gasteiger partial charge is 0.478 e. The van der Waals surface area contributed by atoms with Gasteiger partial charge in [0.2, 0.25) is 9.84 Å². The first-order valence-corrected chi connectivity index (χ1v) is 13.2. The normalized spacial score (nSPS) is 16.8. The van der Waals surface area contributed by atoms with Gasteiger partial charge in [0.15, 0.2) is 0 Å². The summed E-state index contributed by atoms with van der Waals surface area (Å²) in [6.07, 6.45) is 1.92. The summed E-state index contributed by atoms with van der Waals surface area (Å²) in [5, 5.41) is 0. The van der Waals surface area contributed by atoms with E-state index >= 15 is 0 Å². The molecule has 168 valence electrons. The van der Waals surface area contributed by atoms with Gasteiger partial charge in [-0.3, -0.25) is 9.80 Å². The van der Waals surface area contributed by atoms with Gasteiger partial charge in [-0.15, -0.1) is 0 Å². The Hall–Kier alpha value is -1.39. The molecule has 6 nitrogen and oxygen atoms in total. The van der Waals surface area contributed by atoms with E-state index in [0.29, 0.717) is 26.6 Å². The second kappa shape index (κ2) is 10.0. The number of ether oxygens (including phenoxy) is 2. The van der Waals surface area contributed by atoms with Crippen LogP contribution in [0.3, 0.4) is 0 Å². The van der Waals surface area contributed by atoms with Gasteiger partial charge in [0.1, 0.15) is 25.0 Å². The zero-order valence-electron chi connectivity index (χ0n) is 17.4. The van der Waals surface area contributed by atoms with Crippen LogP contribution in [0.25, 0.3) is 0 Å². The Morgan fingerprint density at radius 1 is 0.774 bits per heavy atom. The van der Waals surface area contributed by atoms with E-state index in [1.807, 2.05) is 0 Å². The second-order valence-electron chi connectivity index (χ2n) is 7.85. The molecular formula is C22H28N2O4S3. The van der Waals surface area contributed by atoms with E-state index in [9.17, 15) is 8.42 Å². The number of sulfone groups is 1. The maximum absolute atomic E-state index is 13.4. The molecule has 0 aromatic heterocycles. The smallest absolute Gasteiger partial charge is 0.206 e. The van der Waals surface area contributed by atoms with Crippen LogP contribution >= 0.6 is 25.3 Å². The van der Waals surface area contributed by atoms with Gasteiger partial charge in [0.05, 0.1) is 9.79 Å². The van der Waals surface area contributed by atoms with Crippen LogP contribution in [0.4, 0.5) is 0 Å². The molecule has 31 heavy (non-hydrogen) atoms. The topological polar surface area (TPSA) is 59.1 Å². The monoisotopic (exact) mass is 480 g/mol. The number of nitrogens with zero attached hydrogens (tertiary/aromatic N) is 2. The Morgan fingerprint density at radius 2 is 1.23 bits per heavy atom.